The number of hydrogen-bond acceptors (Lipinski definition) is 13. The highest BCUT2D eigenvalue weighted by Gasteiger charge is 2.29. The lowest BCUT2D eigenvalue weighted by Gasteiger charge is -2.40. The zero-order chi connectivity index (χ0) is 44.4. The molecule has 3 aromatic carbocycles. The van der Waals surface area contributed by atoms with E-state index in [4.69, 9.17) is 16.3 Å². The number of piperazine rings is 1. The molecule has 19 heteroatoms. The van der Waals surface area contributed by atoms with Crippen LogP contribution in [0.4, 0.5) is 49.0 Å². The highest BCUT2D eigenvalue weighted by Crippen LogP contribution is 2.42. The zero-order valence-electron chi connectivity index (χ0n) is 35.6. The first-order valence-corrected chi connectivity index (χ1v) is 23.9. The van der Waals surface area contributed by atoms with Gasteiger partial charge < -0.3 is 35.1 Å². The largest absolute Gasteiger partial charge is 0.494 e. The van der Waals surface area contributed by atoms with Crippen molar-refractivity contribution in [2.24, 2.45) is 13.0 Å². The maximum atomic E-state index is 15.3. The molecule has 3 aliphatic rings. The van der Waals surface area contributed by atoms with Gasteiger partial charge in [-0.15, -0.1) is 0 Å². The second kappa shape index (κ2) is 18.5. The molecule has 5 aromatic rings. The molecule has 5 heterocycles. The molecule has 2 amide bonds. The van der Waals surface area contributed by atoms with E-state index in [2.05, 4.69) is 51.0 Å². The molecule has 0 saturated carbocycles. The van der Waals surface area contributed by atoms with E-state index in [0.717, 1.165) is 62.4 Å². The topological polar surface area (TPSA) is 162 Å². The number of halogens is 3. The predicted octanol–water partition coefficient (Wildman–Crippen LogP) is 6.81. The molecule has 0 bridgehead atoms. The summed E-state index contributed by atoms with van der Waals surface area (Å²) in [6.45, 7) is 8.89. The maximum absolute atomic E-state index is 15.3. The fourth-order valence-electron chi connectivity index (χ4n) is 8.49. The Morgan fingerprint density at radius 2 is 1.67 bits per heavy atom. The normalized spacial score (nSPS) is 17.7. The predicted molar refractivity (Wildman–Crippen MR) is 244 cm³/mol. The van der Waals surface area contributed by atoms with Gasteiger partial charge in [0.05, 0.1) is 36.6 Å². The Kier molecular flexibility index (Phi) is 12.9. The number of ether oxygens (including phenoxy) is 1. The molecule has 3 aliphatic heterocycles. The van der Waals surface area contributed by atoms with Gasteiger partial charge in [-0.2, -0.15) is 10.1 Å². The number of aromatic nitrogens is 4. The Labute approximate surface area is 369 Å². The van der Waals surface area contributed by atoms with Gasteiger partial charge in [0, 0.05) is 99.4 Å². The van der Waals surface area contributed by atoms with Gasteiger partial charge in [0.2, 0.25) is 17.8 Å². The summed E-state index contributed by atoms with van der Waals surface area (Å²) >= 11 is 6.52. The number of hydrogen-bond donors (Lipinski definition) is 4. The number of carbonyl (C=O) groups excluding carboxylic acids is 2. The lowest BCUT2D eigenvalue weighted by atomic mass is 9.94. The minimum atomic E-state index is -2.86. The number of methoxy groups -OCH3 is 1. The second-order valence-corrected chi connectivity index (χ2v) is 20.2. The van der Waals surface area contributed by atoms with Gasteiger partial charge >= 0.3 is 0 Å². The Balaban J connectivity index is 0.912. The van der Waals surface area contributed by atoms with E-state index in [1.165, 1.54) is 30.5 Å². The third kappa shape index (κ3) is 10.2. The molecule has 0 aliphatic carbocycles. The number of nitrogens with zero attached hydrogens (tertiary/aromatic N) is 7. The number of aryl methyl sites for hydroxylation is 1. The summed E-state index contributed by atoms with van der Waals surface area (Å²) in [6.07, 6.45) is 7.89. The summed E-state index contributed by atoms with van der Waals surface area (Å²) < 4.78 is 50.2. The average Bonchev–Trinajstić information content (AvgIpc) is 3.69. The molecule has 0 radical (unpaired) electrons. The monoisotopic (exact) mass is 901 g/mol. The van der Waals surface area contributed by atoms with Crippen molar-refractivity contribution in [1.82, 2.24) is 30.0 Å². The Morgan fingerprint density at radius 3 is 2.35 bits per heavy atom. The van der Waals surface area contributed by atoms with Crippen molar-refractivity contribution in [1.29, 1.82) is 0 Å². The molecule has 0 spiro atoms. The summed E-state index contributed by atoms with van der Waals surface area (Å²) in [5.41, 5.74) is 5.02. The van der Waals surface area contributed by atoms with Gasteiger partial charge in [-0.05, 0) is 81.0 Å². The SMILES string of the molecule is COc1cc(N2CCC(CN3CCN(c4ccc(NC5CCC(=O)NC5=O)cc4F)CC3)CC2)c(-c2cnn(C)c2)cc1Nc1ncc(Cl)c(Nc2ccc(F)cc2P(C)(C)=O)n1. The van der Waals surface area contributed by atoms with Crippen LogP contribution in [0.15, 0.2) is 67.1 Å². The van der Waals surface area contributed by atoms with Crippen LogP contribution in [-0.2, 0) is 21.2 Å². The zero-order valence-corrected chi connectivity index (χ0v) is 37.3. The molecular weight excluding hydrogens is 851 g/mol. The first-order valence-electron chi connectivity index (χ1n) is 21.0. The molecule has 8 rings (SSSR count). The van der Waals surface area contributed by atoms with Crippen LogP contribution in [0, 0.1) is 17.6 Å². The smallest absolute Gasteiger partial charge is 0.249 e. The number of anilines is 7. The van der Waals surface area contributed by atoms with Crippen LogP contribution in [0.2, 0.25) is 5.02 Å². The Hall–Kier alpha value is -5.77. The molecule has 4 N–H and O–H groups in total. The third-order valence-corrected chi connectivity index (χ3v) is 13.6. The van der Waals surface area contributed by atoms with Crippen molar-refractivity contribution in [3.63, 3.8) is 0 Å². The molecule has 332 valence electrons. The van der Waals surface area contributed by atoms with Crippen LogP contribution in [0.1, 0.15) is 25.7 Å². The van der Waals surface area contributed by atoms with Crippen LogP contribution in [0.25, 0.3) is 11.1 Å². The standard InChI is InChI=1S/C44H51ClF2N11O4P/c1-55-26-28(23-49-55)31-21-36(52-44-48-24-32(45)42(54-44)51-34-7-5-29(46)19-40(34)63(3,4)61)39(62-2)22-38(31)57-13-11-27(12-14-57)25-56-15-17-58(18-16-56)37-9-6-30(20-33(37)47)50-35-8-10-41(59)53-43(35)60/h5-7,9,19-24,26-27,35,50H,8,10-18,25H2,1-4H3,(H,53,59,60)(H2,48,51,52,54). The van der Waals surface area contributed by atoms with Crippen molar-refractivity contribution < 1.29 is 27.7 Å². The average molecular weight is 902 g/mol. The molecule has 3 fully saturated rings. The summed E-state index contributed by atoms with van der Waals surface area (Å²) in [4.78, 5) is 39.7. The van der Waals surface area contributed by atoms with E-state index >= 15 is 4.39 Å². The molecule has 1 unspecified atom stereocenters. The van der Waals surface area contributed by atoms with Crippen molar-refractivity contribution in [3.05, 3.63) is 83.8 Å². The van der Waals surface area contributed by atoms with Gasteiger partial charge in [-0.3, -0.25) is 24.5 Å². The fraction of sp³-hybridized carbons (Fsp3) is 0.386. The molecular formula is C44H51ClF2N11O4P. The minimum Gasteiger partial charge on any atom is -0.494 e. The number of piperidine rings is 2. The van der Waals surface area contributed by atoms with Crippen molar-refractivity contribution in [2.75, 3.05) is 92.0 Å². The lowest BCUT2D eigenvalue weighted by Crippen LogP contribution is -2.49. The summed E-state index contributed by atoms with van der Waals surface area (Å²) in [5, 5.41) is 16.8. The molecule has 2 aromatic heterocycles. The number of imide groups is 1. The summed E-state index contributed by atoms with van der Waals surface area (Å²) in [7, 11) is 0.641. The highest BCUT2D eigenvalue weighted by atomic mass is 35.5. The molecule has 1 atom stereocenters. The lowest BCUT2D eigenvalue weighted by molar-refractivity contribution is -0.133. The van der Waals surface area contributed by atoms with Gasteiger partial charge in [0.25, 0.3) is 0 Å². The first-order chi connectivity index (χ1) is 30.2. The van der Waals surface area contributed by atoms with Crippen LogP contribution in [0.5, 0.6) is 5.75 Å². The van der Waals surface area contributed by atoms with Crippen LogP contribution >= 0.6 is 18.7 Å². The van der Waals surface area contributed by atoms with Crippen molar-refractivity contribution in [2.45, 2.75) is 31.7 Å². The van der Waals surface area contributed by atoms with Gasteiger partial charge in [0.15, 0.2) is 5.82 Å². The third-order valence-electron chi connectivity index (χ3n) is 11.8. The number of benzene rings is 3. The second-order valence-electron chi connectivity index (χ2n) is 16.7. The van der Waals surface area contributed by atoms with Crippen LogP contribution in [0.3, 0.4) is 0 Å². The minimum absolute atomic E-state index is 0.225. The Morgan fingerprint density at radius 1 is 0.905 bits per heavy atom. The van der Waals surface area contributed by atoms with E-state index in [1.807, 2.05) is 31.6 Å². The van der Waals surface area contributed by atoms with E-state index < -0.39 is 19.0 Å². The number of carbonyl (C=O) groups is 2. The summed E-state index contributed by atoms with van der Waals surface area (Å²) in [5.74, 6) is 0.0611. The molecule has 3 saturated heterocycles. The van der Waals surface area contributed by atoms with Crippen LogP contribution in [-0.4, -0.2) is 109 Å². The number of nitrogens with one attached hydrogen (secondary N) is 4. The van der Waals surface area contributed by atoms with Gasteiger partial charge in [0.1, 0.15) is 35.6 Å². The Bertz CT molecular complexity index is 2560. The number of amides is 2. The van der Waals surface area contributed by atoms with Crippen molar-refractivity contribution in [3.8, 4) is 16.9 Å². The van der Waals surface area contributed by atoms with Gasteiger partial charge in [-0.1, -0.05) is 11.6 Å². The molecule has 15 nitrogen and oxygen atoms in total. The number of rotatable bonds is 13. The highest BCUT2D eigenvalue weighted by molar-refractivity contribution is 7.70. The van der Waals surface area contributed by atoms with E-state index in [1.54, 1.807) is 37.3 Å². The van der Waals surface area contributed by atoms with Crippen molar-refractivity contribution >= 4 is 76.1 Å². The van der Waals surface area contributed by atoms with Crippen LogP contribution < -0.4 is 41.1 Å². The van der Waals surface area contributed by atoms with Gasteiger partial charge in [-0.25, -0.2) is 13.8 Å². The maximum Gasteiger partial charge on any atom is 0.249 e. The van der Waals surface area contributed by atoms with E-state index in [0.29, 0.717) is 59.2 Å². The quantitative estimate of drug-likeness (QED) is 0.0722. The van der Waals surface area contributed by atoms with E-state index in [-0.39, 0.29) is 40.8 Å². The summed E-state index contributed by atoms with van der Waals surface area (Å²) in [6, 6.07) is 12.5. The first kappa shape index (κ1) is 43.9. The fourth-order valence-corrected chi connectivity index (χ4v) is 9.77. The molecule has 63 heavy (non-hydrogen) atoms. The van der Waals surface area contributed by atoms with E-state index in [9.17, 15) is 18.5 Å².